The average Bonchev–Trinajstić information content (AvgIpc) is 2.49. The molecule has 0 heterocycles. The fourth-order valence-corrected chi connectivity index (χ4v) is 3.31. The lowest BCUT2D eigenvalue weighted by molar-refractivity contribution is 0.421. The molecular weight excluding hydrogens is 394 g/mol. The Labute approximate surface area is 159 Å². The van der Waals surface area contributed by atoms with Crippen LogP contribution in [0.4, 0.5) is 0 Å². The first-order valence-corrected chi connectivity index (χ1v) is 12.3. The number of hydrogen-bond donors (Lipinski definition) is 0. The van der Waals surface area contributed by atoms with Crippen molar-refractivity contribution in [2.45, 2.75) is 33.5 Å². The molecule has 0 amide bonds. The number of benzene rings is 2. The highest BCUT2D eigenvalue weighted by atomic mass is 79.9. The van der Waals surface area contributed by atoms with Crippen LogP contribution in [0.1, 0.15) is 16.7 Å². The first-order valence-electron chi connectivity index (χ1n) is 8.11. The van der Waals surface area contributed by atoms with Crippen molar-refractivity contribution in [3.63, 3.8) is 0 Å². The topological polar surface area (TPSA) is 30.8 Å². The van der Waals surface area contributed by atoms with E-state index in [1.165, 1.54) is 0 Å². The maximum absolute atomic E-state index is 6.14. The van der Waals surface area contributed by atoms with E-state index in [0.29, 0.717) is 5.88 Å². The number of halogens is 1. The quantitative estimate of drug-likeness (QED) is 0.301. The fourth-order valence-electron chi connectivity index (χ4n) is 2.17. The van der Waals surface area contributed by atoms with E-state index in [-0.39, 0.29) is 0 Å². The third-order valence-corrected chi connectivity index (χ3v) is 4.65. The largest absolute Gasteiger partial charge is 0.532 e. The molecule has 0 saturated carbocycles. The molecule has 3 nitrogen and oxygen atoms in total. The van der Waals surface area contributed by atoms with Crippen molar-refractivity contribution in [3.05, 3.63) is 70.0 Å². The van der Waals surface area contributed by atoms with Gasteiger partial charge in [-0.05, 0) is 75.5 Å². The zero-order valence-corrected chi connectivity index (χ0v) is 18.0. The molecule has 0 aliphatic heterocycles. The van der Waals surface area contributed by atoms with Crippen LogP contribution in [0, 0.1) is 13.8 Å². The second kappa shape index (κ2) is 8.02. The summed E-state index contributed by atoms with van der Waals surface area (Å²) in [7, 11) is -1.71. The van der Waals surface area contributed by atoms with Crippen molar-refractivity contribution in [1.29, 1.82) is 0 Å². The molecule has 25 heavy (non-hydrogen) atoms. The lowest BCUT2D eigenvalue weighted by Crippen LogP contribution is -2.24. The predicted molar refractivity (Wildman–Crippen MR) is 111 cm³/mol. The van der Waals surface area contributed by atoms with E-state index in [1.54, 1.807) is 6.21 Å². The van der Waals surface area contributed by atoms with Crippen LogP contribution < -0.4 is 4.74 Å². The monoisotopic (exact) mass is 417 g/mol. The number of aliphatic imine (C=N–C) groups is 1. The molecule has 0 unspecified atom stereocenters. The molecule has 0 aromatic heterocycles. The molecule has 0 bridgehead atoms. The number of nitrogens with zero attached hydrogens (tertiary/aromatic N) is 1. The summed E-state index contributed by atoms with van der Waals surface area (Å²) in [4.78, 5) is 4.36. The van der Waals surface area contributed by atoms with E-state index in [9.17, 15) is 0 Å². The van der Waals surface area contributed by atoms with Gasteiger partial charge in [-0.2, -0.15) is 0 Å². The van der Waals surface area contributed by atoms with Gasteiger partial charge < -0.3 is 9.16 Å². The Bertz CT molecular complexity index is 810. The van der Waals surface area contributed by atoms with Gasteiger partial charge in [0.2, 0.25) is 8.32 Å². The van der Waals surface area contributed by atoms with Crippen molar-refractivity contribution >= 4 is 30.5 Å². The molecule has 0 N–H and O–H groups in total. The summed E-state index contributed by atoms with van der Waals surface area (Å²) >= 11 is 3.50. The van der Waals surface area contributed by atoms with Gasteiger partial charge in [0.05, 0.1) is 0 Å². The molecule has 2 aromatic carbocycles. The van der Waals surface area contributed by atoms with Gasteiger partial charge in [0.25, 0.3) is 0 Å². The summed E-state index contributed by atoms with van der Waals surface area (Å²) in [5, 5.41) is 0. The number of hydrogen-bond acceptors (Lipinski definition) is 3. The Morgan fingerprint density at radius 1 is 1.08 bits per heavy atom. The van der Waals surface area contributed by atoms with Gasteiger partial charge in [0, 0.05) is 16.3 Å². The summed E-state index contributed by atoms with van der Waals surface area (Å²) in [6, 6.07) is 12.0. The zero-order valence-electron chi connectivity index (χ0n) is 15.4. The van der Waals surface area contributed by atoms with Crippen LogP contribution in [0.25, 0.3) is 0 Å². The molecule has 0 atom stereocenters. The SMILES string of the molecule is C=C(N=Cc1cc(Br)ccc1Oc1cc(C)ccc1C)O[Si](C)(C)C. The Balaban J connectivity index is 2.28. The van der Waals surface area contributed by atoms with Crippen LogP contribution in [0.5, 0.6) is 11.5 Å². The fraction of sp³-hybridized carbons (Fsp3) is 0.250. The van der Waals surface area contributed by atoms with E-state index in [1.807, 2.05) is 38.1 Å². The van der Waals surface area contributed by atoms with E-state index < -0.39 is 8.32 Å². The van der Waals surface area contributed by atoms with Crippen molar-refractivity contribution in [2.75, 3.05) is 0 Å². The van der Waals surface area contributed by atoms with Gasteiger partial charge in [0.1, 0.15) is 11.5 Å². The molecule has 5 heteroatoms. The summed E-state index contributed by atoms with van der Waals surface area (Å²) in [6.07, 6.45) is 1.73. The Kier molecular flexibility index (Phi) is 6.24. The molecule has 0 aliphatic rings. The average molecular weight is 418 g/mol. The molecule has 2 rings (SSSR count). The summed E-state index contributed by atoms with van der Waals surface area (Å²) in [5.74, 6) is 2.01. The molecule has 0 spiro atoms. The normalized spacial score (nSPS) is 11.6. The highest BCUT2D eigenvalue weighted by Crippen LogP contribution is 2.30. The van der Waals surface area contributed by atoms with Gasteiger partial charge in [-0.15, -0.1) is 0 Å². The molecular formula is C20H24BrNO2Si. The molecule has 0 fully saturated rings. The molecule has 132 valence electrons. The standard InChI is InChI=1S/C20H24BrNO2Si/c1-14-7-8-15(2)20(11-14)23-19-10-9-18(21)12-17(19)13-22-16(3)24-25(4,5)6/h7-13H,3H2,1-2,4-6H3. The van der Waals surface area contributed by atoms with Gasteiger partial charge in [-0.25, -0.2) is 4.99 Å². The van der Waals surface area contributed by atoms with Gasteiger partial charge in [0.15, 0.2) is 5.88 Å². The molecule has 0 aliphatic carbocycles. The summed E-state index contributed by atoms with van der Waals surface area (Å²) in [5.41, 5.74) is 3.10. The van der Waals surface area contributed by atoms with Crippen molar-refractivity contribution < 1.29 is 9.16 Å². The van der Waals surface area contributed by atoms with E-state index >= 15 is 0 Å². The minimum absolute atomic E-state index is 0.428. The molecule has 0 saturated heterocycles. The van der Waals surface area contributed by atoms with Crippen LogP contribution in [0.2, 0.25) is 19.6 Å². The highest BCUT2D eigenvalue weighted by molar-refractivity contribution is 9.10. The smallest absolute Gasteiger partial charge is 0.244 e. The van der Waals surface area contributed by atoms with E-state index in [0.717, 1.165) is 32.7 Å². The first kappa shape index (κ1) is 19.5. The van der Waals surface area contributed by atoms with Crippen LogP contribution in [-0.4, -0.2) is 14.5 Å². The summed E-state index contributed by atoms with van der Waals surface area (Å²) in [6.45, 7) is 14.3. The van der Waals surface area contributed by atoms with Crippen LogP contribution in [0.15, 0.2) is 58.3 Å². The van der Waals surface area contributed by atoms with Crippen molar-refractivity contribution in [1.82, 2.24) is 0 Å². The zero-order chi connectivity index (χ0) is 18.6. The van der Waals surface area contributed by atoms with Gasteiger partial charge >= 0.3 is 0 Å². The minimum atomic E-state index is -1.71. The Morgan fingerprint density at radius 3 is 2.48 bits per heavy atom. The Morgan fingerprint density at radius 2 is 1.80 bits per heavy atom. The number of rotatable bonds is 6. The lowest BCUT2D eigenvalue weighted by atomic mass is 10.1. The second-order valence-electron chi connectivity index (χ2n) is 6.92. The van der Waals surface area contributed by atoms with Gasteiger partial charge in [-0.3, -0.25) is 0 Å². The van der Waals surface area contributed by atoms with Gasteiger partial charge in [-0.1, -0.05) is 28.1 Å². The predicted octanol–water partition coefficient (Wildman–Crippen LogP) is 6.60. The Hall–Kier alpha value is -1.85. The molecule has 0 radical (unpaired) electrons. The summed E-state index contributed by atoms with van der Waals surface area (Å²) < 4.78 is 12.9. The van der Waals surface area contributed by atoms with Crippen LogP contribution in [-0.2, 0) is 4.43 Å². The van der Waals surface area contributed by atoms with Crippen LogP contribution >= 0.6 is 15.9 Å². The first-order chi connectivity index (χ1) is 11.6. The molecule has 2 aromatic rings. The lowest BCUT2D eigenvalue weighted by Gasteiger charge is -2.18. The van der Waals surface area contributed by atoms with Crippen molar-refractivity contribution in [3.8, 4) is 11.5 Å². The second-order valence-corrected chi connectivity index (χ2v) is 12.3. The van der Waals surface area contributed by atoms with E-state index in [4.69, 9.17) is 9.16 Å². The maximum atomic E-state index is 6.14. The number of ether oxygens (including phenoxy) is 1. The minimum Gasteiger partial charge on any atom is -0.532 e. The maximum Gasteiger partial charge on any atom is 0.244 e. The highest BCUT2D eigenvalue weighted by Gasteiger charge is 2.16. The van der Waals surface area contributed by atoms with Crippen LogP contribution in [0.3, 0.4) is 0 Å². The van der Waals surface area contributed by atoms with E-state index in [2.05, 4.69) is 59.3 Å². The third kappa shape index (κ3) is 6.18. The third-order valence-electron chi connectivity index (χ3n) is 3.31. The number of aryl methyl sites for hydroxylation is 2. The van der Waals surface area contributed by atoms with Crippen molar-refractivity contribution in [2.24, 2.45) is 4.99 Å².